The highest BCUT2D eigenvalue weighted by Crippen LogP contribution is 2.28. The van der Waals surface area contributed by atoms with Gasteiger partial charge in [0.2, 0.25) is 10.0 Å². The molecule has 7 nitrogen and oxygen atoms in total. The fourth-order valence-electron chi connectivity index (χ4n) is 1.54. The number of nitrogens with zero attached hydrogens (tertiary/aromatic N) is 1. The lowest BCUT2D eigenvalue weighted by atomic mass is 10.3. The highest BCUT2D eigenvalue weighted by atomic mass is 32.2. The molecular weight excluding hydrogens is 304 g/mol. The number of aromatic hydroxyl groups is 1. The third kappa shape index (κ3) is 4.09. The number of nitro benzene ring substituents is 1. The number of benzene rings is 1. The predicted molar refractivity (Wildman–Crippen MR) is 77.5 cm³/mol. The molecule has 0 spiro atoms. The van der Waals surface area contributed by atoms with Crippen LogP contribution in [0.5, 0.6) is 5.75 Å². The van der Waals surface area contributed by atoms with Crippen LogP contribution in [0.1, 0.15) is 13.3 Å². The lowest BCUT2D eigenvalue weighted by Crippen LogP contribution is -2.36. The van der Waals surface area contributed by atoms with E-state index in [4.69, 9.17) is 0 Å². The van der Waals surface area contributed by atoms with Crippen molar-refractivity contribution in [1.29, 1.82) is 0 Å². The predicted octanol–water partition coefficient (Wildman–Crippen LogP) is 1.72. The molecule has 0 aliphatic heterocycles. The number of nitro groups is 1. The van der Waals surface area contributed by atoms with Crippen molar-refractivity contribution in [3.63, 3.8) is 0 Å². The van der Waals surface area contributed by atoms with Gasteiger partial charge < -0.3 is 5.11 Å². The second-order valence-electron chi connectivity index (χ2n) is 4.09. The first kappa shape index (κ1) is 16.7. The van der Waals surface area contributed by atoms with E-state index < -0.39 is 26.4 Å². The Hall–Kier alpha value is -1.32. The summed E-state index contributed by atoms with van der Waals surface area (Å²) in [7, 11) is -3.85. The molecule has 0 aromatic heterocycles. The number of thioether (sulfide) groups is 1. The molecule has 0 aliphatic carbocycles. The van der Waals surface area contributed by atoms with Gasteiger partial charge in [-0.1, -0.05) is 6.92 Å². The summed E-state index contributed by atoms with van der Waals surface area (Å²) >= 11 is 1.51. The number of hydrogen-bond acceptors (Lipinski definition) is 6. The van der Waals surface area contributed by atoms with Gasteiger partial charge in [-0.25, -0.2) is 13.1 Å². The van der Waals surface area contributed by atoms with E-state index in [0.717, 1.165) is 18.2 Å². The van der Waals surface area contributed by atoms with E-state index in [1.165, 1.54) is 11.8 Å². The molecule has 0 saturated carbocycles. The second-order valence-corrected chi connectivity index (χ2v) is 6.71. The van der Waals surface area contributed by atoms with Crippen molar-refractivity contribution < 1.29 is 18.4 Å². The zero-order valence-corrected chi connectivity index (χ0v) is 12.7. The molecule has 20 heavy (non-hydrogen) atoms. The Kier molecular flexibility index (Phi) is 5.78. The first-order valence-corrected chi connectivity index (χ1v) is 8.68. The summed E-state index contributed by atoms with van der Waals surface area (Å²) in [4.78, 5) is 9.65. The Bertz CT molecular complexity index is 588. The van der Waals surface area contributed by atoms with Gasteiger partial charge in [0.1, 0.15) is 0 Å². The normalized spacial score (nSPS) is 13.1. The first-order valence-electron chi connectivity index (χ1n) is 5.80. The van der Waals surface area contributed by atoms with Crippen LogP contribution >= 0.6 is 11.8 Å². The van der Waals surface area contributed by atoms with Crippen molar-refractivity contribution in [1.82, 2.24) is 4.72 Å². The maximum absolute atomic E-state index is 12.1. The number of phenols is 1. The lowest BCUT2D eigenvalue weighted by Gasteiger charge is -2.15. The summed E-state index contributed by atoms with van der Waals surface area (Å²) < 4.78 is 26.8. The Balaban J connectivity index is 3.09. The van der Waals surface area contributed by atoms with E-state index in [-0.39, 0.29) is 10.9 Å². The Morgan fingerprint density at radius 2 is 2.15 bits per heavy atom. The van der Waals surface area contributed by atoms with Crippen LogP contribution in [0.25, 0.3) is 0 Å². The van der Waals surface area contributed by atoms with Crippen LogP contribution in [0.15, 0.2) is 23.1 Å². The number of rotatable bonds is 7. The molecule has 112 valence electrons. The van der Waals surface area contributed by atoms with Gasteiger partial charge in [0.25, 0.3) is 0 Å². The van der Waals surface area contributed by atoms with Crippen LogP contribution in [0.3, 0.4) is 0 Å². The number of hydrogen-bond donors (Lipinski definition) is 2. The van der Waals surface area contributed by atoms with Crippen molar-refractivity contribution in [2.75, 3.05) is 12.0 Å². The Morgan fingerprint density at radius 3 is 2.65 bits per heavy atom. The van der Waals surface area contributed by atoms with Gasteiger partial charge >= 0.3 is 5.69 Å². The molecule has 1 aromatic rings. The number of nitrogens with one attached hydrogen (secondary N) is 1. The fourth-order valence-corrected chi connectivity index (χ4v) is 3.71. The van der Waals surface area contributed by atoms with E-state index in [9.17, 15) is 23.6 Å². The molecule has 0 radical (unpaired) electrons. The van der Waals surface area contributed by atoms with E-state index in [0.29, 0.717) is 12.2 Å². The van der Waals surface area contributed by atoms with Crippen molar-refractivity contribution in [3.8, 4) is 5.75 Å². The van der Waals surface area contributed by atoms with E-state index >= 15 is 0 Å². The topological polar surface area (TPSA) is 110 Å². The molecule has 2 N–H and O–H groups in total. The van der Waals surface area contributed by atoms with Gasteiger partial charge in [-0.15, -0.1) is 0 Å². The van der Waals surface area contributed by atoms with Crippen LogP contribution in [-0.4, -0.2) is 36.5 Å². The minimum Gasteiger partial charge on any atom is -0.502 e. The van der Waals surface area contributed by atoms with Crippen molar-refractivity contribution in [2.45, 2.75) is 24.3 Å². The summed E-state index contributed by atoms with van der Waals surface area (Å²) in [5.41, 5.74) is -0.634. The van der Waals surface area contributed by atoms with Gasteiger partial charge in [-0.3, -0.25) is 10.1 Å². The smallest absolute Gasteiger partial charge is 0.312 e. The van der Waals surface area contributed by atoms with Crippen LogP contribution in [0.2, 0.25) is 0 Å². The van der Waals surface area contributed by atoms with Crippen LogP contribution in [0, 0.1) is 10.1 Å². The molecule has 0 heterocycles. The standard InChI is InChI=1S/C11H16N2O5S2/c1-3-8(7-19-2)12-20(17,18)9-4-5-11(14)10(6-9)13(15)16/h4-6,8,12,14H,3,7H2,1-2H3. The molecule has 0 aliphatic rings. The van der Waals surface area contributed by atoms with Gasteiger partial charge in [0.05, 0.1) is 9.82 Å². The molecule has 0 fully saturated rings. The zero-order chi connectivity index (χ0) is 15.3. The third-order valence-electron chi connectivity index (χ3n) is 2.64. The molecule has 0 bridgehead atoms. The summed E-state index contributed by atoms with van der Waals surface area (Å²) in [5, 5.41) is 20.0. The summed E-state index contributed by atoms with van der Waals surface area (Å²) in [6.07, 6.45) is 2.47. The van der Waals surface area contributed by atoms with Crippen molar-refractivity contribution in [3.05, 3.63) is 28.3 Å². The number of phenolic OH excluding ortho intramolecular Hbond substituents is 1. The van der Waals surface area contributed by atoms with Gasteiger partial charge in [0.15, 0.2) is 5.75 Å². The van der Waals surface area contributed by atoms with Gasteiger partial charge in [-0.2, -0.15) is 11.8 Å². The molecule has 0 amide bonds. The van der Waals surface area contributed by atoms with Crippen molar-refractivity contribution in [2.24, 2.45) is 0 Å². The first-order chi connectivity index (χ1) is 9.31. The quantitative estimate of drug-likeness (QED) is 0.585. The summed E-state index contributed by atoms with van der Waals surface area (Å²) in [5.74, 6) is 0.0423. The highest BCUT2D eigenvalue weighted by molar-refractivity contribution is 7.98. The maximum atomic E-state index is 12.1. The third-order valence-corrected chi connectivity index (χ3v) is 4.89. The van der Waals surface area contributed by atoms with E-state index in [1.807, 2.05) is 13.2 Å². The molecule has 1 unspecified atom stereocenters. The summed E-state index contributed by atoms with van der Waals surface area (Å²) in [6, 6.07) is 2.74. The second kappa shape index (κ2) is 6.91. The molecule has 1 atom stereocenters. The Morgan fingerprint density at radius 1 is 1.50 bits per heavy atom. The Labute approximate surface area is 121 Å². The molecular formula is C11H16N2O5S2. The van der Waals surface area contributed by atoms with E-state index in [1.54, 1.807) is 0 Å². The van der Waals surface area contributed by atoms with Gasteiger partial charge in [-0.05, 0) is 24.8 Å². The van der Waals surface area contributed by atoms with E-state index in [2.05, 4.69) is 4.72 Å². The highest BCUT2D eigenvalue weighted by Gasteiger charge is 2.23. The fraction of sp³-hybridized carbons (Fsp3) is 0.455. The largest absolute Gasteiger partial charge is 0.502 e. The number of sulfonamides is 1. The molecule has 1 rings (SSSR count). The van der Waals surface area contributed by atoms with Crippen LogP contribution in [0.4, 0.5) is 5.69 Å². The molecule has 1 aromatic carbocycles. The zero-order valence-electron chi connectivity index (χ0n) is 11.1. The van der Waals surface area contributed by atoms with Gasteiger partial charge in [0, 0.05) is 17.9 Å². The van der Waals surface area contributed by atoms with Crippen molar-refractivity contribution >= 4 is 27.5 Å². The SMILES string of the molecule is CCC(CSC)NS(=O)(=O)c1ccc(O)c([N+](=O)[O-])c1. The van der Waals surface area contributed by atoms with Crippen LogP contribution in [-0.2, 0) is 10.0 Å². The lowest BCUT2D eigenvalue weighted by molar-refractivity contribution is -0.386. The average molecular weight is 320 g/mol. The maximum Gasteiger partial charge on any atom is 0.312 e. The minimum absolute atomic E-state index is 0.235. The van der Waals surface area contributed by atoms with Crippen LogP contribution < -0.4 is 4.72 Å². The summed E-state index contributed by atoms with van der Waals surface area (Å²) in [6.45, 7) is 1.85. The average Bonchev–Trinajstić information content (AvgIpc) is 2.37. The molecule has 9 heteroatoms. The molecule has 0 saturated heterocycles. The minimum atomic E-state index is -3.85. The monoisotopic (exact) mass is 320 g/mol.